The maximum Gasteiger partial charge on any atom is 0.0472 e. The molecule has 13 heavy (non-hydrogen) atoms. The first-order valence-corrected chi connectivity index (χ1v) is 5.42. The second kappa shape index (κ2) is 2.26. The van der Waals surface area contributed by atoms with Crippen molar-refractivity contribution in [3.8, 4) is 0 Å². The van der Waals surface area contributed by atoms with Crippen molar-refractivity contribution in [3.05, 3.63) is 11.6 Å². The van der Waals surface area contributed by atoms with Crippen LogP contribution in [0.5, 0.6) is 0 Å². The van der Waals surface area contributed by atoms with Crippen LogP contribution in [0.1, 0.15) is 20.8 Å². The van der Waals surface area contributed by atoms with E-state index in [2.05, 4.69) is 31.8 Å². The molecule has 0 N–H and O–H groups in total. The highest BCUT2D eigenvalue weighted by molar-refractivity contribution is 6.03. The Labute approximate surface area is 79.9 Å². The SMILES string of the molecule is CC(=CC(C)C)C1C2C3=NCC3C12. The fraction of sp³-hybridized carbons (Fsp3) is 0.750. The third-order valence-corrected chi connectivity index (χ3v) is 3.85. The second-order valence-corrected chi connectivity index (χ2v) is 5.16. The fourth-order valence-corrected chi connectivity index (χ4v) is 3.29. The van der Waals surface area contributed by atoms with E-state index in [-0.39, 0.29) is 0 Å². The summed E-state index contributed by atoms with van der Waals surface area (Å²) in [6.07, 6.45) is 2.43. The number of fused-ring (bicyclic) bond motifs is 4. The molecule has 0 aromatic heterocycles. The van der Waals surface area contributed by atoms with Crippen LogP contribution in [0.2, 0.25) is 0 Å². The lowest BCUT2D eigenvalue weighted by atomic mass is 9.78. The van der Waals surface area contributed by atoms with Gasteiger partial charge in [0.05, 0.1) is 0 Å². The summed E-state index contributed by atoms with van der Waals surface area (Å²) in [4.78, 5) is 4.46. The van der Waals surface area contributed by atoms with Crippen molar-refractivity contribution in [2.45, 2.75) is 20.8 Å². The summed E-state index contributed by atoms with van der Waals surface area (Å²) in [6.45, 7) is 7.98. The van der Waals surface area contributed by atoms with Gasteiger partial charge in [0.25, 0.3) is 0 Å². The predicted molar refractivity (Wildman–Crippen MR) is 54.9 cm³/mol. The standard InChI is InChI=1S/C12H17N/c1-6(2)4-7(3)9-10-8-5-13-12(8)11(9)10/h4,6,8-11H,5H2,1-3H3. The number of hydrogen-bond acceptors (Lipinski definition) is 1. The van der Waals surface area contributed by atoms with Crippen molar-refractivity contribution < 1.29 is 0 Å². The normalized spacial score (nSPS) is 45.8. The zero-order chi connectivity index (χ0) is 9.16. The lowest BCUT2D eigenvalue weighted by molar-refractivity contribution is 0.465. The van der Waals surface area contributed by atoms with Gasteiger partial charge in [-0.05, 0) is 24.7 Å². The van der Waals surface area contributed by atoms with Gasteiger partial charge in [-0.1, -0.05) is 25.5 Å². The van der Waals surface area contributed by atoms with Gasteiger partial charge in [0.15, 0.2) is 0 Å². The lowest BCUT2D eigenvalue weighted by Crippen LogP contribution is -2.40. The van der Waals surface area contributed by atoms with Crippen molar-refractivity contribution in [1.29, 1.82) is 0 Å². The molecule has 2 aliphatic carbocycles. The highest BCUT2D eigenvalue weighted by Gasteiger charge is 2.69. The van der Waals surface area contributed by atoms with Gasteiger partial charge in [-0.25, -0.2) is 0 Å². The molecular weight excluding hydrogens is 158 g/mol. The first-order valence-electron chi connectivity index (χ1n) is 5.42. The Hall–Kier alpha value is -0.590. The van der Waals surface area contributed by atoms with Crippen LogP contribution in [-0.4, -0.2) is 12.3 Å². The number of hydrogen-bond donors (Lipinski definition) is 0. The Bertz CT molecular complexity index is 311. The summed E-state index contributed by atoms with van der Waals surface area (Å²) < 4.78 is 0. The first-order chi connectivity index (χ1) is 6.20. The summed E-state index contributed by atoms with van der Waals surface area (Å²) in [7, 11) is 0. The van der Waals surface area contributed by atoms with Crippen molar-refractivity contribution >= 4 is 5.71 Å². The van der Waals surface area contributed by atoms with Crippen LogP contribution in [0.4, 0.5) is 0 Å². The van der Waals surface area contributed by atoms with Crippen molar-refractivity contribution in [2.75, 3.05) is 6.54 Å². The first kappa shape index (κ1) is 7.78. The maximum absolute atomic E-state index is 4.46. The van der Waals surface area contributed by atoms with Gasteiger partial charge in [-0.3, -0.25) is 4.99 Å². The van der Waals surface area contributed by atoms with E-state index in [1.54, 1.807) is 11.3 Å². The summed E-state index contributed by atoms with van der Waals surface area (Å²) in [6, 6.07) is 0. The average molecular weight is 175 g/mol. The summed E-state index contributed by atoms with van der Waals surface area (Å²) in [5.74, 6) is 4.44. The minimum Gasteiger partial charge on any atom is -0.293 e. The Morgan fingerprint density at radius 3 is 2.69 bits per heavy atom. The molecule has 0 aromatic rings. The molecule has 0 spiro atoms. The molecule has 2 fully saturated rings. The van der Waals surface area contributed by atoms with Crippen LogP contribution >= 0.6 is 0 Å². The van der Waals surface area contributed by atoms with Gasteiger partial charge in [0.1, 0.15) is 0 Å². The van der Waals surface area contributed by atoms with Gasteiger partial charge in [0.2, 0.25) is 0 Å². The third-order valence-electron chi connectivity index (χ3n) is 3.85. The molecule has 3 rings (SSSR count). The molecule has 1 nitrogen and oxygen atoms in total. The maximum atomic E-state index is 4.46. The van der Waals surface area contributed by atoms with Crippen molar-refractivity contribution in [2.24, 2.45) is 34.6 Å². The third kappa shape index (κ3) is 0.853. The zero-order valence-corrected chi connectivity index (χ0v) is 8.62. The van der Waals surface area contributed by atoms with E-state index in [1.807, 2.05) is 0 Å². The Balaban J connectivity index is 1.74. The van der Waals surface area contributed by atoms with E-state index in [1.165, 1.54) is 0 Å². The van der Waals surface area contributed by atoms with Crippen molar-refractivity contribution in [3.63, 3.8) is 0 Å². The molecule has 3 aliphatic rings. The van der Waals surface area contributed by atoms with Gasteiger partial charge in [-0.15, -0.1) is 0 Å². The lowest BCUT2D eigenvalue weighted by Gasteiger charge is -2.33. The molecule has 0 aromatic carbocycles. The van der Waals surface area contributed by atoms with E-state index in [0.717, 1.165) is 30.2 Å². The smallest absolute Gasteiger partial charge is 0.0472 e. The van der Waals surface area contributed by atoms with Crippen LogP contribution in [0.3, 0.4) is 0 Å². The highest BCUT2D eigenvalue weighted by atomic mass is 15.0. The fourth-order valence-electron chi connectivity index (χ4n) is 3.29. The topological polar surface area (TPSA) is 12.4 Å². The van der Waals surface area contributed by atoms with E-state index in [9.17, 15) is 0 Å². The molecule has 2 saturated carbocycles. The molecule has 70 valence electrons. The molecule has 1 heterocycles. The minimum absolute atomic E-state index is 0.708. The average Bonchev–Trinajstić information content (AvgIpc) is 2.57. The molecule has 1 heteroatoms. The molecule has 0 radical (unpaired) electrons. The van der Waals surface area contributed by atoms with Gasteiger partial charge in [0, 0.05) is 24.1 Å². The molecule has 4 atom stereocenters. The van der Waals surface area contributed by atoms with Crippen LogP contribution in [-0.2, 0) is 0 Å². The number of rotatable bonds is 2. The van der Waals surface area contributed by atoms with Crippen LogP contribution < -0.4 is 0 Å². The zero-order valence-electron chi connectivity index (χ0n) is 8.62. The number of allylic oxidation sites excluding steroid dienone is 2. The number of aliphatic imine (C=N–C) groups is 1. The van der Waals surface area contributed by atoms with Gasteiger partial charge in [-0.2, -0.15) is 0 Å². The minimum atomic E-state index is 0.708. The molecule has 0 bridgehead atoms. The van der Waals surface area contributed by atoms with E-state index >= 15 is 0 Å². The number of nitrogens with zero attached hydrogens (tertiary/aromatic N) is 1. The molecule has 0 saturated heterocycles. The molecule has 4 unspecified atom stereocenters. The highest BCUT2D eigenvalue weighted by Crippen LogP contribution is 2.68. The molecular formula is C12H17N. The van der Waals surface area contributed by atoms with E-state index < -0.39 is 0 Å². The predicted octanol–water partition coefficient (Wildman–Crippen LogP) is 2.54. The van der Waals surface area contributed by atoms with Crippen LogP contribution in [0.15, 0.2) is 16.6 Å². The quantitative estimate of drug-likeness (QED) is 0.572. The Morgan fingerprint density at radius 1 is 1.54 bits per heavy atom. The monoisotopic (exact) mass is 175 g/mol. The van der Waals surface area contributed by atoms with E-state index in [0.29, 0.717) is 5.92 Å². The molecule has 0 amide bonds. The molecule has 1 aliphatic heterocycles. The summed E-state index contributed by atoms with van der Waals surface area (Å²) in [5.41, 5.74) is 3.19. The van der Waals surface area contributed by atoms with Gasteiger partial charge >= 0.3 is 0 Å². The van der Waals surface area contributed by atoms with E-state index in [4.69, 9.17) is 0 Å². The van der Waals surface area contributed by atoms with Gasteiger partial charge < -0.3 is 0 Å². The summed E-state index contributed by atoms with van der Waals surface area (Å²) in [5, 5.41) is 0. The summed E-state index contributed by atoms with van der Waals surface area (Å²) >= 11 is 0. The Morgan fingerprint density at radius 2 is 2.31 bits per heavy atom. The van der Waals surface area contributed by atoms with Crippen LogP contribution in [0.25, 0.3) is 0 Å². The van der Waals surface area contributed by atoms with Crippen LogP contribution in [0, 0.1) is 29.6 Å². The Kier molecular flexibility index (Phi) is 1.35. The second-order valence-electron chi connectivity index (χ2n) is 5.16. The van der Waals surface area contributed by atoms with Crippen molar-refractivity contribution in [1.82, 2.24) is 0 Å². The largest absolute Gasteiger partial charge is 0.293 e.